The molecule has 80 valence electrons. The van der Waals surface area contributed by atoms with E-state index in [4.69, 9.17) is 10.5 Å². The second-order valence-electron chi connectivity index (χ2n) is 3.97. The van der Waals surface area contributed by atoms with Crippen molar-refractivity contribution in [3.8, 4) is 5.75 Å². The highest BCUT2D eigenvalue weighted by atomic mass is 16.5. The molecule has 3 nitrogen and oxygen atoms in total. The molecule has 0 spiro atoms. The molecular weight excluding hydrogens is 190 g/mol. The molecule has 0 saturated carbocycles. The first kappa shape index (κ1) is 10.0. The van der Waals surface area contributed by atoms with Gasteiger partial charge in [0, 0.05) is 6.42 Å². The number of ether oxygens (including phenoxy) is 1. The lowest BCUT2D eigenvalue weighted by molar-refractivity contribution is -0.118. The Bertz CT molecular complexity index is 387. The van der Waals surface area contributed by atoms with E-state index < -0.39 is 0 Å². The quantitative estimate of drug-likeness (QED) is 0.814. The zero-order chi connectivity index (χ0) is 10.8. The highest BCUT2D eigenvalue weighted by molar-refractivity contribution is 5.75. The molecule has 15 heavy (non-hydrogen) atoms. The third-order valence-corrected chi connectivity index (χ3v) is 3.00. The number of aryl methyl sites for hydroxylation is 1. The van der Waals surface area contributed by atoms with Gasteiger partial charge >= 0.3 is 0 Å². The van der Waals surface area contributed by atoms with Crippen LogP contribution in [0.25, 0.3) is 0 Å². The van der Waals surface area contributed by atoms with Gasteiger partial charge in [-0.3, -0.25) is 4.79 Å². The number of hydrogen-bond donors (Lipinski definition) is 1. The predicted octanol–water partition coefficient (Wildman–Crippen LogP) is 1.60. The Morgan fingerprint density at radius 1 is 1.60 bits per heavy atom. The largest absolute Gasteiger partial charge is 0.497 e. The number of benzene rings is 1. The van der Waals surface area contributed by atoms with E-state index >= 15 is 0 Å². The maximum Gasteiger partial charge on any atom is 0.218 e. The molecule has 0 saturated heterocycles. The van der Waals surface area contributed by atoms with Crippen molar-refractivity contribution in [3.05, 3.63) is 29.3 Å². The van der Waals surface area contributed by atoms with Crippen LogP contribution in [-0.2, 0) is 11.2 Å². The summed E-state index contributed by atoms with van der Waals surface area (Å²) in [5.41, 5.74) is 7.77. The van der Waals surface area contributed by atoms with Crippen molar-refractivity contribution in [2.75, 3.05) is 7.11 Å². The minimum Gasteiger partial charge on any atom is -0.497 e. The smallest absolute Gasteiger partial charge is 0.218 e. The molecule has 0 radical (unpaired) electrons. The zero-order valence-electron chi connectivity index (χ0n) is 8.82. The van der Waals surface area contributed by atoms with E-state index in [0.29, 0.717) is 12.3 Å². The van der Waals surface area contributed by atoms with Crippen molar-refractivity contribution in [1.82, 2.24) is 0 Å². The molecule has 2 N–H and O–H groups in total. The van der Waals surface area contributed by atoms with Crippen LogP contribution in [0.1, 0.15) is 29.9 Å². The fraction of sp³-hybridized carbons (Fsp3) is 0.417. The summed E-state index contributed by atoms with van der Waals surface area (Å²) >= 11 is 0. The Labute approximate surface area is 89.2 Å². The number of rotatable bonds is 3. The summed E-state index contributed by atoms with van der Waals surface area (Å²) in [7, 11) is 1.66. The van der Waals surface area contributed by atoms with E-state index in [2.05, 4.69) is 12.1 Å². The summed E-state index contributed by atoms with van der Waals surface area (Å²) in [5.74, 6) is 0.973. The highest BCUT2D eigenvalue weighted by Gasteiger charge is 2.23. The molecule has 1 aliphatic carbocycles. The van der Waals surface area contributed by atoms with Gasteiger partial charge in [0.05, 0.1) is 7.11 Å². The van der Waals surface area contributed by atoms with Gasteiger partial charge in [-0.05, 0) is 42.0 Å². The van der Waals surface area contributed by atoms with Gasteiger partial charge < -0.3 is 10.5 Å². The van der Waals surface area contributed by atoms with Crippen LogP contribution in [-0.4, -0.2) is 13.0 Å². The molecule has 3 heteroatoms. The molecule has 0 bridgehead atoms. The molecule has 2 rings (SSSR count). The van der Waals surface area contributed by atoms with Crippen LogP contribution in [0.4, 0.5) is 0 Å². The van der Waals surface area contributed by atoms with Crippen molar-refractivity contribution < 1.29 is 9.53 Å². The number of fused-ring (bicyclic) bond motifs is 1. The minimum atomic E-state index is -0.219. The van der Waals surface area contributed by atoms with Crippen molar-refractivity contribution in [2.45, 2.75) is 25.2 Å². The van der Waals surface area contributed by atoms with Gasteiger partial charge in [0.25, 0.3) is 0 Å². The van der Waals surface area contributed by atoms with E-state index in [1.54, 1.807) is 7.11 Å². The monoisotopic (exact) mass is 205 g/mol. The molecule has 1 aliphatic rings. The topological polar surface area (TPSA) is 52.3 Å². The number of amides is 1. The van der Waals surface area contributed by atoms with Gasteiger partial charge in [-0.2, -0.15) is 0 Å². The molecule has 0 aliphatic heterocycles. The summed E-state index contributed by atoms with van der Waals surface area (Å²) in [6.07, 6.45) is 2.50. The first-order valence-electron chi connectivity index (χ1n) is 5.16. The number of primary amides is 1. The molecule has 1 unspecified atom stereocenters. The SMILES string of the molecule is COc1ccc2c(c1)CCC2CC(N)=O. The highest BCUT2D eigenvalue weighted by Crippen LogP contribution is 2.36. The van der Waals surface area contributed by atoms with Gasteiger partial charge in [-0.1, -0.05) is 6.07 Å². The van der Waals surface area contributed by atoms with Crippen LogP contribution in [0.3, 0.4) is 0 Å². The third kappa shape index (κ3) is 1.96. The van der Waals surface area contributed by atoms with Gasteiger partial charge in [0.2, 0.25) is 5.91 Å². The van der Waals surface area contributed by atoms with E-state index in [0.717, 1.165) is 18.6 Å². The van der Waals surface area contributed by atoms with Crippen molar-refractivity contribution in [2.24, 2.45) is 5.73 Å². The Morgan fingerprint density at radius 2 is 2.40 bits per heavy atom. The van der Waals surface area contributed by atoms with Crippen LogP contribution in [0.5, 0.6) is 5.75 Å². The normalized spacial score (nSPS) is 18.6. The number of carbonyl (C=O) groups is 1. The van der Waals surface area contributed by atoms with Gasteiger partial charge in [0.1, 0.15) is 5.75 Å². The molecular formula is C12H15NO2. The van der Waals surface area contributed by atoms with Gasteiger partial charge in [0.15, 0.2) is 0 Å². The van der Waals surface area contributed by atoms with E-state index in [1.807, 2.05) is 6.07 Å². The van der Waals surface area contributed by atoms with Crippen molar-refractivity contribution >= 4 is 5.91 Å². The molecule has 0 fully saturated rings. The lowest BCUT2D eigenvalue weighted by Crippen LogP contribution is -2.13. The van der Waals surface area contributed by atoms with Crippen LogP contribution in [0, 0.1) is 0 Å². The maximum atomic E-state index is 10.9. The molecule has 1 aromatic rings. The summed E-state index contributed by atoms with van der Waals surface area (Å²) in [6, 6.07) is 6.04. The second kappa shape index (κ2) is 3.93. The van der Waals surface area contributed by atoms with Gasteiger partial charge in [-0.15, -0.1) is 0 Å². The van der Waals surface area contributed by atoms with Crippen LogP contribution >= 0.6 is 0 Å². The number of methoxy groups -OCH3 is 1. The Morgan fingerprint density at radius 3 is 3.07 bits per heavy atom. The Kier molecular flexibility index (Phi) is 2.62. The third-order valence-electron chi connectivity index (χ3n) is 3.00. The second-order valence-corrected chi connectivity index (χ2v) is 3.97. The standard InChI is InChI=1S/C12H15NO2/c1-15-10-4-5-11-8(6-10)2-3-9(11)7-12(13)14/h4-6,9H,2-3,7H2,1H3,(H2,13,14). The summed E-state index contributed by atoms with van der Waals surface area (Å²) in [5, 5.41) is 0. The van der Waals surface area contributed by atoms with E-state index in [-0.39, 0.29) is 5.91 Å². The van der Waals surface area contributed by atoms with E-state index in [9.17, 15) is 4.79 Å². The van der Waals surface area contributed by atoms with Crippen molar-refractivity contribution in [3.63, 3.8) is 0 Å². The average Bonchev–Trinajstić information content (AvgIpc) is 2.60. The minimum absolute atomic E-state index is 0.219. The zero-order valence-corrected chi connectivity index (χ0v) is 8.82. The molecule has 0 heterocycles. The van der Waals surface area contributed by atoms with E-state index in [1.165, 1.54) is 11.1 Å². The summed E-state index contributed by atoms with van der Waals surface area (Å²) < 4.78 is 5.16. The number of hydrogen-bond acceptors (Lipinski definition) is 2. The average molecular weight is 205 g/mol. The number of carbonyl (C=O) groups excluding carboxylic acids is 1. The lowest BCUT2D eigenvalue weighted by atomic mass is 9.97. The molecule has 1 atom stereocenters. The fourth-order valence-corrected chi connectivity index (χ4v) is 2.26. The Balaban J connectivity index is 2.24. The predicted molar refractivity (Wildman–Crippen MR) is 57.9 cm³/mol. The summed E-state index contributed by atoms with van der Waals surface area (Å²) in [6.45, 7) is 0. The first-order valence-corrected chi connectivity index (χ1v) is 5.16. The molecule has 1 amide bonds. The van der Waals surface area contributed by atoms with Gasteiger partial charge in [-0.25, -0.2) is 0 Å². The first-order chi connectivity index (χ1) is 7.20. The lowest BCUT2D eigenvalue weighted by Gasteiger charge is -2.09. The Hall–Kier alpha value is -1.51. The fourth-order valence-electron chi connectivity index (χ4n) is 2.26. The maximum absolute atomic E-state index is 10.9. The van der Waals surface area contributed by atoms with Crippen LogP contribution in [0.15, 0.2) is 18.2 Å². The van der Waals surface area contributed by atoms with Crippen LogP contribution < -0.4 is 10.5 Å². The molecule has 1 aromatic carbocycles. The van der Waals surface area contributed by atoms with Crippen LogP contribution in [0.2, 0.25) is 0 Å². The number of nitrogens with two attached hydrogens (primary N) is 1. The summed E-state index contributed by atoms with van der Waals surface area (Å²) in [4.78, 5) is 10.9. The molecule has 0 aromatic heterocycles. The van der Waals surface area contributed by atoms with Crippen molar-refractivity contribution in [1.29, 1.82) is 0 Å².